The van der Waals surface area contributed by atoms with E-state index < -0.39 is 0 Å². The molecular formula is C14H17N3O. The lowest BCUT2D eigenvalue weighted by atomic mass is 10.1. The lowest BCUT2D eigenvalue weighted by Gasteiger charge is -2.11. The molecule has 0 aliphatic carbocycles. The first-order chi connectivity index (χ1) is 8.45. The van der Waals surface area contributed by atoms with E-state index in [1.165, 1.54) is 5.56 Å². The van der Waals surface area contributed by atoms with Gasteiger partial charge < -0.3 is 10.5 Å². The van der Waals surface area contributed by atoms with Crippen LogP contribution in [0.15, 0.2) is 18.2 Å². The minimum atomic E-state index is 0.229. The van der Waals surface area contributed by atoms with Crippen molar-refractivity contribution < 1.29 is 4.74 Å². The van der Waals surface area contributed by atoms with Gasteiger partial charge >= 0.3 is 0 Å². The summed E-state index contributed by atoms with van der Waals surface area (Å²) in [4.78, 5) is 8.09. The smallest absolute Gasteiger partial charge is 0.224 e. The fourth-order valence-electron chi connectivity index (χ4n) is 1.83. The molecule has 0 spiro atoms. The van der Waals surface area contributed by atoms with Gasteiger partial charge in [0.25, 0.3) is 0 Å². The van der Waals surface area contributed by atoms with Crippen molar-refractivity contribution in [2.45, 2.75) is 27.7 Å². The van der Waals surface area contributed by atoms with Gasteiger partial charge in [-0.1, -0.05) is 6.07 Å². The third-order valence-corrected chi connectivity index (χ3v) is 2.83. The summed E-state index contributed by atoms with van der Waals surface area (Å²) in [5, 5.41) is 0. The van der Waals surface area contributed by atoms with Crippen LogP contribution in [0.1, 0.15) is 22.4 Å². The number of aromatic nitrogens is 2. The van der Waals surface area contributed by atoms with Crippen LogP contribution in [0.25, 0.3) is 0 Å². The first-order valence-corrected chi connectivity index (χ1v) is 5.82. The zero-order valence-corrected chi connectivity index (χ0v) is 11.1. The fourth-order valence-corrected chi connectivity index (χ4v) is 1.83. The number of rotatable bonds is 2. The second kappa shape index (κ2) is 4.64. The number of benzene rings is 1. The quantitative estimate of drug-likeness (QED) is 0.880. The van der Waals surface area contributed by atoms with E-state index in [-0.39, 0.29) is 5.95 Å². The molecule has 0 saturated heterocycles. The van der Waals surface area contributed by atoms with Crippen molar-refractivity contribution in [1.82, 2.24) is 9.97 Å². The summed E-state index contributed by atoms with van der Waals surface area (Å²) in [5.41, 5.74) is 9.86. The van der Waals surface area contributed by atoms with Crippen molar-refractivity contribution in [2.24, 2.45) is 0 Å². The minimum absolute atomic E-state index is 0.229. The van der Waals surface area contributed by atoms with Crippen LogP contribution in [0.2, 0.25) is 0 Å². The van der Waals surface area contributed by atoms with Crippen LogP contribution in [0.5, 0.6) is 11.6 Å². The molecule has 94 valence electrons. The Kier molecular flexibility index (Phi) is 3.19. The highest BCUT2D eigenvalue weighted by Gasteiger charge is 2.07. The molecule has 1 aromatic carbocycles. The average molecular weight is 243 g/mol. The lowest BCUT2D eigenvalue weighted by Crippen LogP contribution is -2.00. The third-order valence-electron chi connectivity index (χ3n) is 2.83. The third kappa shape index (κ3) is 2.59. The number of anilines is 1. The summed E-state index contributed by atoms with van der Waals surface area (Å²) in [6.07, 6.45) is 0. The van der Waals surface area contributed by atoms with Crippen LogP contribution >= 0.6 is 0 Å². The lowest BCUT2D eigenvalue weighted by molar-refractivity contribution is 0.457. The van der Waals surface area contributed by atoms with E-state index in [2.05, 4.69) is 23.0 Å². The fraction of sp³-hybridized carbons (Fsp3) is 0.286. The molecular weight excluding hydrogens is 226 g/mol. The number of nitrogens with two attached hydrogens (primary N) is 1. The summed E-state index contributed by atoms with van der Waals surface area (Å²) >= 11 is 0. The predicted octanol–water partition coefficient (Wildman–Crippen LogP) is 3.08. The van der Waals surface area contributed by atoms with Crippen molar-refractivity contribution in [1.29, 1.82) is 0 Å². The number of hydrogen-bond donors (Lipinski definition) is 1. The summed E-state index contributed by atoms with van der Waals surface area (Å²) in [7, 11) is 0. The minimum Gasteiger partial charge on any atom is -0.439 e. The Morgan fingerprint density at radius 3 is 2.39 bits per heavy atom. The Bertz CT molecular complexity index is 574. The van der Waals surface area contributed by atoms with Crippen molar-refractivity contribution in [3.05, 3.63) is 40.6 Å². The van der Waals surface area contributed by atoms with Crippen LogP contribution in [0.3, 0.4) is 0 Å². The van der Waals surface area contributed by atoms with E-state index >= 15 is 0 Å². The van der Waals surface area contributed by atoms with E-state index in [4.69, 9.17) is 10.5 Å². The first-order valence-electron chi connectivity index (χ1n) is 5.82. The van der Waals surface area contributed by atoms with Gasteiger partial charge in [0.15, 0.2) is 0 Å². The highest BCUT2D eigenvalue weighted by molar-refractivity contribution is 5.44. The molecule has 4 nitrogen and oxygen atoms in total. The van der Waals surface area contributed by atoms with Gasteiger partial charge in [-0.25, -0.2) is 4.98 Å². The normalized spacial score (nSPS) is 10.4. The SMILES string of the molecule is Cc1cc(C)c(C)c(Oc2cc(C)nc(N)n2)c1. The summed E-state index contributed by atoms with van der Waals surface area (Å²) < 4.78 is 5.80. The highest BCUT2D eigenvalue weighted by atomic mass is 16.5. The number of nitrogens with zero attached hydrogens (tertiary/aromatic N) is 2. The van der Waals surface area contributed by atoms with Crippen molar-refractivity contribution in [3.63, 3.8) is 0 Å². The van der Waals surface area contributed by atoms with E-state index in [0.29, 0.717) is 5.88 Å². The second-order valence-electron chi connectivity index (χ2n) is 4.51. The van der Waals surface area contributed by atoms with Gasteiger partial charge in [-0.2, -0.15) is 4.98 Å². The largest absolute Gasteiger partial charge is 0.439 e. The molecule has 0 aliphatic heterocycles. The van der Waals surface area contributed by atoms with E-state index in [9.17, 15) is 0 Å². The van der Waals surface area contributed by atoms with Gasteiger partial charge in [-0.15, -0.1) is 0 Å². The topological polar surface area (TPSA) is 61.0 Å². The second-order valence-corrected chi connectivity index (χ2v) is 4.51. The molecule has 0 aliphatic rings. The molecule has 2 N–H and O–H groups in total. The summed E-state index contributed by atoms with van der Waals surface area (Å²) in [6.45, 7) is 7.99. The molecule has 0 saturated carbocycles. The average Bonchev–Trinajstić information content (AvgIpc) is 2.23. The predicted molar refractivity (Wildman–Crippen MR) is 71.9 cm³/mol. The van der Waals surface area contributed by atoms with Crippen LogP contribution in [0, 0.1) is 27.7 Å². The van der Waals surface area contributed by atoms with E-state index in [1.807, 2.05) is 26.8 Å². The van der Waals surface area contributed by atoms with Crippen LogP contribution in [0.4, 0.5) is 5.95 Å². The molecule has 0 bridgehead atoms. The zero-order valence-electron chi connectivity index (χ0n) is 11.1. The number of aryl methyl sites for hydroxylation is 3. The molecule has 0 unspecified atom stereocenters. The number of nitrogen functional groups attached to an aromatic ring is 1. The number of ether oxygens (including phenoxy) is 1. The maximum absolute atomic E-state index is 5.80. The molecule has 0 amide bonds. The van der Waals surface area contributed by atoms with Gasteiger partial charge in [0, 0.05) is 11.8 Å². The molecule has 2 rings (SSSR count). The molecule has 0 radical (unpaired) electrons. The Hall–Kier alpha value is -2.10. The Morgan fingerprint density at radius 2 is 1.72 bits per heavy atom. The Balaban J connectivity index is 2.39. The van der Waals surface area contributed by atoms with Gasteiger partial charge in [0.05, 0.1) is 0 Å². The van der Waals surface area contributed by atoms with Crippen molar-refractivity contribution in [3.8, 4) is 11.6 Å². The van der Waals surface area contributed by atoms with Crippen LogP contribution < -0.4 is 10.5 Å². The number of hydrogen-bond acceptors (Lipinski definition) is 4. The molecule has 2 aromatic rings. The monoisotopic (exact) mass is 243 g/mol. The maximum Gasteiger partial charge on any atom is 0.224 e. The molecule has 0 fully saturated rings. The Morgan fingerprint density at radius 1 is 1.00 bits per heavy atom. The standard InChI is InChI=1S/C14H17N3O/c1-8-5-9(2)11(4)12(6-8)18-13-7-10(3)16-14(15)17-13/h5-7H,1-4H3,(H2,15,16,17). The molecule has 18 heavy (non-hydrogen) atoms. The van der Waals surface area contributed by atoms with Crippen molar-refractivity contribution in [2.75, 3.05) is 5.73 Å². The maximum atomic E-state index is 5.80. The Labute approximate surface area is 107 Å². The summed E-state index contributed by atoms with van der Waals surface area (Å²) in [5.74, 6) is 1.52. The highest BCUT2D eigenvalue weighted by Crippen LogP contribution is 2.27. The summed E-state index contributed by atoms with van der Waals surface area (Å²) in [6, 6.07) is 5.89. The van der Waals surface area contributed by atoms with Crippen molar-refractivity contribution >= 4 is 5.95 Å². The molecule has 1 aromatic heterocycles. The van der Waals surface area contributed by atoms with Gasteiger partial charge in [0.1, 0.15) is 5.75 Å². The van der Waals surface area contributed by atoms with Gasteiger partial charge in [0.2, 0.25) is 11.8 Å². The van der Waals surface area contributed by atoms with Crippen LogP contribution in [-0.4, -0.2) is 9.97 Å². The van der Waals surface area contributed by atoms with Gasteiger partial charge in [-0.05, 0) is 50.5 Å². The van der Waals surface area contributed by atoms with Gasteiger partial charge in [-0.3, -0.25) is 0 Å². The molecule has 4 heteroatoms. The van der Waals surface area contributed by atoms with Crippen LogP contribution in [-0.2, 0) is 0 Å². The van der Waals surface area contributed by atoms with E-state index in [0.717, 1.165) is 22.6 Å². The molecule has 0 atom stereocenters. The zero-order chi connectivity index (χ0) is 13.3. The molecule has 1 heterocycles. The first kappa shape index (κ1) is 12.4. The van der Waals surface area contributed by atoms with E-state index in [1.54, 1.807) is 6.07 Å².